The van der Waals surface area contributed by atoms with Crippen LogP contribution in [0.5, 0.6) is 0 Å². The third-order valence-corrected chi connectivity index (χ3v) is 5.22. The van der Waals surface area contributed by atoms with Gasteiger partial charge >= 0.3 is 0 Å². The van der Waals surface area contributed by atoms with Gasteiger partial charge in [-0.1, -0.05) is 27.2 Å². The Morgan fingerprint density at radius 3 is 2.61 bits per heavy atom. The Labute approximate surface area is 114 Å². The number of nitrogens with zero attached hydrogens (tertiary/aromatic N) is 1. The van der Waals surface area contributed by atoms with Crippen molar-refractivity contribution in [2.24, 2.45) is 17.8 Å². The van der Waals surface area contributed by atoms with Gasteiger partial charge in [-0.2, -0.15) is 0 Å². The minimum atomic E-state index is 0.750. The van der Waals surface area contributed by atoms with Crippen LogP contribution in [0, 0.1) is 17.8 Å². The van der Waals surface area contributed by atoms with Crippen molar-refractivity contribution in [2.75, 3.05) is 20.1 Å². The lowest BCUT2D eigenvalue weighted by Gasteiger charge is -2.43. The number of hydrogen-bond donors (Lipinski definition) is 1. The Kier molecular flexibility index (Phi) is 5.08. The molecule has 0 bridgehead atoms. The van der Waals surface area contributed by atoms with E-state index in [-0.39, 0.29) is 0 Å². The van der Waals surface area contributed by atoms with Crippen molar-refractivity contribution in [3.8, 4) is 0 Å². The second-order valence-electron chi connectivity index (χ2n) is 7.13. The summed E-state index contributed by atoms with van der Waals surface area (Å²) in [4.78, 5) is 2.67. The van der Waals surface area contributed by atoms with E-state index in [1.807, 2.05) is 0 Å². The summed E-state index contributed by atoms with van der Waals surface area (Å²) in [6.45, 7) is 9.74. The Morgan fingerprint density at radius 2 is 2.00 bits per heavy atom. The molecular weight excluding hydrogens is 220 g/mol. The molecule has 2 heteroatoms. The molecule has 18 heavy (non-hydrogen) atoms. The number of nitrogens with one attached hydrogen (secondary N) is 1. The molecule has 1 aliphatic heterocycles. The molecule has 0 radical (unpaired) electrons. The first-order valence-electron chi connectivity index (χ1n) is 8.01. The average Bonchev–Trinajstić information content (AvgIpc) is 2.81. The van der Waals surface area contributed by atoms with Crippen LogP contribution in [0.1, 0.15) is 52.9 Å². The molecule has 1 N–H and O–H groups in total. The van der Waals surface area contributed by atoms with Crippen molar-refractivity contribution < 1.29 is 0 Å². The summed E-state index contributed by atoms with van der Waals surface area (Å²) in [5, 5.41) is 3.64. The maximum atomic E-state index is 3.64. The Bertz CT molecular complexity index is 245. The lowest BCUT2D eigenvalue weighted by Crippen LogP contribution is -2.48. The number of rotatable bonds is 4. The molecular formula is C16H32N2. The van der Waals surface area contributed by atoms with Crippen molar-refractivity contribution >= 4 is 0 Å². The van der Waals surface area contributed by atoms with Crippen molar-refractivity contribution in [1.82, 2.24) is 10.2 Å². The van der Waals surface area contributed by atoms with Gasteiger partial charge < -0.3 is 10.2 Å². The van der Waals surface area contributed by atoms with Gasteiger partial charge in [0.15, 0.2) is 0 Å². The summed E-state index contributed by atoms with van der Waals surface area (Å²) < 4.78 is 0. The normalized spacial score (nSPS) is 37.7. The molecule has 4 unspecified atom stereocenters. The molecule has 2 aliphatic rings. The molecule has 0 spiro atoms. The lowest BCUT2D eigenvalue weighted by atomic mass is 9.73. The van der Waals surface area contributed by atoms with Gasteiger partial charge in [-0.3, -0.25) is 0 Å². The van der Waals surface area contributed by atoms with Crippen LogP contribution >= 0.6 is 0 Å². The second-order valence-corrected chi connectivity index (χ2v) is 7.13. The Hall–Kier alpha value is -0.0800. The first-order chi connectivity index (χ1) is 8.58. The maximum absolute atomic E-state index is 3.64. The molecule has 2 nitrogen and oxygen atoms in total. The molecule has 0 aromatic carbocycles. The lowest BCUT2D eigenvalue weighted by molar-refractivity contribution is 0.0726. The first-order valence-corrected chi connectivity index (χ1v) is 8.01. The highest BCUT2D eigenvalue weighted by atomic mass is 15.2. The first kappa shape index (κ1) is 14.3. The van der Waals surface area contributed by atoms with Crippen molar-refractivity contribution in [1.29, 1.82) is 0 Å². The predicted octanol–water partition coefficient (Wildman–Crippen LogP) is 3.13. The quantitative estimate of drug-likeness (QED) is 0.827. The number of likely N-dealkylation sites (N-methyl/N-ethyl adjacent to an activating group) is 1. The standard InChI is InChI=1S/C16H32N2/c1-12(2)15-8-7-13(3)10-16(15)18(4)11-14-6-5-9-17-14/h12-17H,5-11H2,1-4H3. The highest BCUT2D eigenvalue weighted by molar-refractivity contribution is 4.88. The summed E-state index contributed by atoms with van der Waals surface area (Å²) in [5.74, 6) is 2.66. The van der Waals surface area contributed by atoms with E-state index in [0.29, 0.717) is 0 Å². The van der Waals surface area contributed by atoms with E-state index < -0.39 is 0 Å². The third kappa shape index (κ3) is 3.48. The van der Waals surface area contributed by atoms with Gasteiger partial charge in [0.05, 0.1) is 0 Å². The van der Waals surface area contributed by atoms with E-state index in [2.05, 4.69) is 38.0 Å². The summed E-state index contributed by atoms with van der Waals surface area (Å²) in [5.41, 5.74) is 0. The maximum Gasteiger partial charge on any atom is 0.0195 e. The average molecular weight is 252 g/mol. The van der Waals surface area contributed by atoms with Gasteiger partial charge in [0.2, 0.25) is 0 Å². The van der Waals surface area contributed by atoms with Crippen LogP contribution in [0.4, 0.5) is 0 Å². The highest BCUT2D eigenvalue weighted by Crippen LogP contribution is 2.36. The van der Waals surface area contributed by atoms with Crippen molar-refractivity contribution in [2.45, 2.75) is 65.0 Å². The van der Waals surface area contributed by atoms with Crippen LogP contribution in [-0.2, 0) is 0 Å². The van der Waals surface area contributed by atoms with Gasteiger partial charge in [-0.25, -0.2) is 0 Å². The molecule has 2 rings (SSSR count). The minimum absolute atomic E-state index is 0.750. The molecule has 1 aliphatic carbocycles. The largest absolute Gasteiger partial charge is 0.313 e. The van der Waals surface area contributed by atoms with Crippen LogP contribution in [0.15, 0.2) is 0 Å². The molecule has 0 aromatic rings. The van der Waals surface area contributed by atoms with Crippen molar-refractivity contribution in [3.05, 3.63) is 0 Å². The predicted molar refractivity (Wildman–Crippen MR) is 78.8 cm³/mol. The molecule has 1 saturated heterocycles. The molecule has 1 saturated carbocycles. The van der Waals surface area contributed by atoms with Crippen LogP contribution in [-0.4, -0.2) is 37.1 Å². The van der Waals surface area contributed by atoms with Crippen LogP contribution in [0.25, 0.3) is 0 Å². The SMILES string of the molecule is CC1CCC(C(C)C)C(N(C)CC2CCCN2)C1. The molecule has 2 fully saturated rings. The van der Waals surface area contributed by atoms with Gasteiger partial charge in [-0.05, 0) is 57.0 Å². The smallest absolute Gasteiger partial charge is 0.0195 e. The molecule has 0 aromatic heterocycles. The Morgan fingerprint density at radius 1 is 1.22 bits per heavy atom. The fraction of sp³-hybridized carbons (Fsp3) is 1.00. The molecule has 4 atom stereocenters. The number of hydrogen-bond acceptors (Lipinski definition) is 2. The summed E-state index contributed by atoms with van der Waals surface area (Å²) in [7, 11) is 2.36. The van der Waals surface area contributed by atoms with Gasteiger partial charge in [0.1, 0.15) is 0 Å². The minimum Gasteiger partial charge on any atom is -0.313 e. The fourth-order valence-electron chi connectivity index (χ4n) is 4.05. The topological polar surface area (TPSA) is 15.3 Å². The second kappa shape index (κ2) is 6.38. The van der Waals surface area contributed by atoms with Crippen molar-refractivity contribution in [3.63, 3.8) is 0 Å². The molecule has 0 amide bonds. The fourth-order valence-corrected chi connectivity index (χ4v) is 4.05. The van der Waals surface area contributed by atoms with E-state index in [4.69, 9.17) is 0 Å². The zero-order chi connectivity index (χ0) is 13.1. The van der Waals surface area contributed by atoms with Crippen LogP contribution in [0.3, 0.4) is 0 Å². The van der Waals surface area contributed by atoms with Gasteiger partial charge in [0.25, 0.3) is 0 Å². The van der Waals surface area contributed by atoms with E-state index in [9.17, 15) is 0 Å². The third-order valence-electron chi connectivity index (χ3n) is 5.22. The van der Waals surface area contributed by atoms with Gasteiger partial charge in [0, 0.05) is 18.6 Å². The molecule has 1 heterocycles. The zero-order valence-corrected chi connectivity index (χ0v) is 12.8. The monoisotopic (exact) mass is 252 g/mol. The van der Waals surface area contributed by atoms with Crippen LogP contribution in [0.2, 0.25) is 0 Å². The van der Waals surface area contributed by atoms with E-state index in [0.717, 1.165) is 29.8 Å². The molecule has 106 valence electrons. The Balaban J connectivity index is 1.93. The summed E-state index contributed by atoms with van der Waals surface area (Å²) in [6.07, 6.45) is 7.03. The van der Waals surface area contributed by atoms with Crippen LogP contribution < -0.4 is 5.32 Å². The summed E-state index contributed by atoms with van der Waals surface area (Å²) >= 11 is 0. The van der Waals surface area contributed by atoms with E-state index in [1.165, 1.54) is 45.2 Å². The zero-order valence-electron chi connectivity index (χ0n) is 12.8. The summed E-state index contributed by atoms with van der Waals surface area (Å²) in [6, 6.07) is 1.57. The van der Waals surface area contributed by atoms with E-state index >= 15 is 0 Å². The van der Waals surface area contributed by atoms with E-state index in [1.54, 1.807) is 0 Å². The highest BCUT2D eigenvalue weighted by Gasteiger charge is 2.33. The van der Waals surface area contributed by atoms with Gasteiger partial charge in [-0.15, -0.1) is 0 Å².